The van der Waals surface area contributed by atoms with Gasteiger partial charge in [-0.05, 0) is 48.9 Å². The van der Waals surface area contributed by atoms with Crippen LogP contribution in [-0.2, 0) is 14.3 Å². The minimum Gasteiger partial charge on any atom is -0.494 e. The van der Waals surface area contributed by atoms with Gasteiger partial charge in [-0.2, -0.15) is 0 Å². The zero-order valence-corrected chi connectivity index (χ0v) is 15.2. The van der Waals surface area contributed by atoms with Crippen molar-refractivity contribution in [1.82, 2.24) is 0 Å². The average molecular weight is 396 g/mol. The molecule has 0 saturated carbocycles. The summed E-state index contributed by atoms with van der Waals surface area (Å²) >= 11 is 5.64. The van der Waals surface area contributed by atoms with Crippen molar-refractivity contribution in [3.05, 3.63) is 64.7 Å². The van der Waals surface area contributed by atoms with Crippen LogP contribution in [0.2, 0.25) is 5.02 Å². The molecule has 0 saturated heterocycles. The number of amides is 1. The number of halogens is 3. The first-order valence-corrected chi connectivity index (χ1v) is 8.16. The van der Waals surface area contributed by atoms with Crippen LogP contribution in [0.1, 0.15) is 12.5 Å². The fourth-order valence-corrected chi connectivity index (χ4v) is 2.20. The molecule has 0 aliphatic rings. The van der Waals surface area contributed by atoms with E-state index in [-0.39, 0.29) is 16.5 Å². The Kier molecular flexibility index (Phi) is 6.90. The standard InChI is InChI=1S/C19H16ClF2NO4/c1-11(19(25)23-16-6-5-13(20)10-14(16)21)27-18(24)8-4-12-3-7-17(26-2)15(22)9-12/h3-11H,1-2H3,(H,23,25)/b8-4+/t11-/m1/s1. The summed E-state index contributed by atoms with van der Waals surface area (Å²) in [5.74, 6) is -2.74. The van der Waals surface area contributed by atoms with E-state index in [1.165, 1.54) is 44.4 Å². The molecule has 0 heterocycles. The molecule has 0 aliphatic heterocycles. The molecule has 2 rings (SSSR count). The van der Waals surface area contributed by atoms with Crippen molar-refractivity contribution in [2.75, 3.05) is 12.4 Å². The van der Waals surface area contributed by atoms with Gasteiger partial charge in [0.05, 0.1) is 12.8 Å². The molecular weight excluding hydrogens is 380 g/mol. The van der Waals surface area contributed by atoms with Crippen LogP contribution >= 0.6 is 11.6 Å². The highest BCUT2D eigenvalue weighted by Gasteiger charge is 2.18. The second kappa shape index (κ2) is 9.14. The fourth-order valence-electron chi connectivity index (χ4n) is 2.04. The number of nitrogens with one attached hydrogen (secondary N) is 1. The average Bonchev–Trinajstić information content (AvgIpc) is 2.62. The Morgan fingerprint density at radius 1 is 1.15 bits per heavy atom. The molecule has 1 amide bonds. The summed E-state index contributed by atoms with van der Waals surface area (Å²) in [6.07, 6.45) is 1.20. The number of hydrogen-bond donors (Lipinski definition) is 1. The lowest BCUT2D eigenvalue weighted by Crippen LogP contribution is -2.29. The van der Waals surface area contributed by atoms with Gasteiger partial charge in [-0.15, -0.1) is 0 Å². The van der Waals surface area contributed by atoms with E-state index in [0.717, 1.165) is 12.1 Å². The summed E-state index contributed by atoms with van der Waals surface area (Å²) in [6, 6.07) is 7.89. The minimum absolute atomic E-state index is 0.0782. The van der Waals surface area contributed by atoms with Gasteiger partial charge in [0.2, 0.25) is 0 Å². The first-order chi connectivity index (χ1) is 12.8. The summed E-state index contributed by atoms with van der Waals surface area (Å²) in [4.78, 5) is 23.8. The predicted molar refractivity (Wildman–Crippen MR) is 97.6 cm³/mol. The molecule has 0 unspecified atom stereocenters. The van der Waals surface area contributed by atoms with E-state index in [1.54, 1.807) is 6.07 Å². The van der Waals surface area contributed by atoms with Crippen LogP contribution in [-0.4, -0.2) is 25.1 Å². The van der Waals surface area contributed by atoms with Gasteiger partial charge in [0.15, 0.2) is 17.7 Å². The predicted octanol–water partition coefficient (Wildman–Crippen LogP) is 4.21. The topological polar surface area (TPSA) is 64.6 Å². The van der Waals surface area contributed by atoms with Gasteiger partial charge < -0.3 is 14.8 Å². The van der Waals surface area contributed by atoms with E-state index in [0.29, 0.717) is 5.56 Å². The van der Waals surface area contributed by atoms with Crippen molar-refractivity contribution in [2.45, 2.75) is 13.0 Å². The van der Waals surface area contributed by atoms with Gasteiger partial charge >= 0.3 is 5.97 Å². The number of carbonyl (C=O) groups excluding carboxylic acids is 2. The summed E-state index contributed by atoms with van der Waals surface area (Å²) in [6.45, 7) is 1.34. The van der Waals surface area contributed by atoms with Gasteiger partial charge in [0.1, 0.15) is 5.82 Å². The molecule has 0 aromatic heterocycles. The Morgan fingerprint density at radius 3 is 2.52 bits per heavy atom. The van der Waals surface area contributed by atoms with E-state index in [9.17, 15) is 18.4 Å². The lowest BCUT2D eigenvalue weighted by molar-refractivity contribution is -0.148. The molecule has 8 heteroatoms. The second-order valence-corrected chi connectivity index (χ2v) is 5.86. The SMILES string of the molecule is COc1ccc(/C=C/C(=O)O[C@H](C)C(=O)Nc2ccc(Cl)cc2F)cc1F. The Labute approximate surface area is 159 Å². The molecule has 1 N–H and O–H groups in total. The summed E-state index contributed by atoms with van der Waals surface area (Å²) in [5, 5.41) is 2.48. The maximum atomic E-state index is 13.7. The highest BCUT2D eigenvalue weighted by molar-refractivity contribution is 6.30. The van der Waals surface area contributed by atoms with E-state index in [2.05, 4.69) is 5.32 Å². The zero-order valence-electron chi connectivity index (χ0n) is 14.5. The summed E-state index contributed by atoms with van der Waals surface area (Å²) < 4.78 is 37.0. The van der Waals surface area contributed by atoms with E-state index in [1.807, 2.05) is 0 Å². The Hall–Kier alpha value is -2.93. The smallest absolute Gasteiger partial charge is 0.331 e. The number of benzene rings is 2. The summed E-state index contributed by atoms with van der Waals surface area (Å²) in [7, 11) is 1.34. The third-order valence-corrected chi connectivity index (χ3v) is 3.67. The minimum atomic E-state index is -1.18. The van der Waals surface area contributed by atoms with E-state index >= 15 is 0 Å². The van der Waals surface area contributed by atoms with Crippen molar-refractivity contribution < 1.29 is 27.8 Å². The van der Waals surface area contributed by atoms with Crippen LogP contribution in [0.15, 0.2) is 42.5 Å². The normalized spacial score (nSPS) is 11.9. The van der Waals surface area contributed by atoms with Crippen molar-refractivity contribution in [2.24, 2.45) is 0 Å². The van der Waals surface area contributed by atoms with Crippen LogP contribution in [0.25, 0.3) is 6.08 Å². The third-order valence-electron chi connectivity index (χ3n) is 3.44. The molecule has 0 fully saturated rings. The number of ether oxygens (including phenoxy) is 2. The molecule has 0 radical (unpaired) electrons. The van der Waals surface area contributed by atoms with Gasteiger partial charge in [-0.1, -0.05) is 17.7 Å². The van der Waals surface area contributed by atoms with Crippen molar-refractivity contribution in [1.29, 1.82) is 0 Å². The Bertz CT molecular complexity index is 886. The largest absolute Gasteiger partial charge is 0.494 e. The van der Waals surface area contributed by atoms with Gasteiger partial charge in [-0.3, -0.25) is 4.79 Å². The van der Waals surface area contributed by atoms with Crippen molar-refractivity contribution >= 4 is 35.2 Å². The molecule has 142 valence electrons. The highest BCUT2D eigenvalue weighted by Crippen LogP contribution is 2.20. The van der Waals surface area contributed by atoms with Gasteiger partial charge in [0, 0.05) is 11.1 Å². The molecule has 0 bridgehead atoms. The lowest BCUT2D eigenvalue weighted by Gasteiger charge is -2.13. The van der Waals surface area contributed by atoms with E-state index < -0.39 is 29.6 Å². The van der Waals surface area contributed by atoms with Gasteiger partial charge in [0.25, 0.3) is 5.91 Å². The van der Waals surface area contributed by atoms with Crippen LogP contribution in [0.5, 0.6) is 5.75 Å². The van der Waals surface area contributed by atoms with Crippen LogP contribution in [0.3, 0.4) is 0 Å². The number of anilines is 1. The number of rotatable bonds is 6. The fraction of sp³-hybridized carbons (Fsp3) is 0.158. The monoisotopic (exact) mass is 395 g/mol. The molecular formula is C19H16ClF2NO4. The van der Waals surface area contributed by atoms with Crippen molar-refractivity contribution in [3.8, 4) is 5.75 Å². The molecule has 5 nitrogen and oxygen atoms in total. The molecule has 27 heavy (non-hydrogen) atoms. The highest BCUT2D eigenvalue weighted by atomic mass is 35.5. The number of hydrogen-bond acceptors (Lipinski definition) is 4. The molecule has 0 aliphatic carbocycles. The maximum absolute atomic E-state index is 13.7. The second-order valence-electron chi connectivity index (χ2n) is 5.42. The molecule has 1 atom stereocenters. The molecule has 2 aromatic carbocycles. The number of esters is 1. The van der Waals surface area contributed by atoms with Crippen LogP contribution < -0.4 is 10.1 Å². The third kappa shape index (κ3) is 5.79. The van der Waals surface area contributed by atoms with Crippen molar-refractivity contribution in [3.63, 3.8) is 0 Å². The first-order valence-electron chi connectivity index (χ1n) is 7.78. The van der Waals surface area contributed by atoms with Gasteiger partial charge in [-0.25, -0.2) is 13.6 Å². The maximum Gasteiger partial charge on any atom is 0.331 e. The lowest BCUT2D eigenvalue weighted by atomic mass is 10.2. The number of methoxy groups -OCH3 is 1. The molecule has 2 aromatic rings. The summed E-state index contributed by atoms with van der Waals surface area (Å²) in [5.41, 5.74) is 0.321. The zero-order chi connectivity index (χ0) is 20.0. The molecule has 0 spiro atoms. The first kappa shape index (κ1) is 20.4. The number of carbonyl (C=O) groups is 2. The van der Waals surface area contributed by atoms with Crippen LogP contribution in [0.4, 0.5) is 14.5 Å². The Balaban J connectivity index is 1.94. The van der Waals surface area contributed by atoms with Crippen LogP contribution in [0, 0.1) is 11.6 Å². The quantitative estimate of drug-likeness (QED) is 0.587. The Morgan fingerprint density at radius 2 is 1.89 bits per heavy atom. The van der Waals surface area contributed by atoms with E-state index in [4.69, 9.17) is 21.1 Å².